The predicted molar refractivity (Wildman–Crippen MR) is 337 cm³/mol. The molecule has 0 saturated carbocycles. The van der Waals surface area contributed by atoms with Crippen LogP contribution in [0.3, 0.4) is 0 Å². The second-order valence-corrected chi connectivity index (χ2v) is 28.3. The van der Waals surface area contributed by atoms with Crippen LogP contribution in [0.1, 0.15) is 150 Å². The van der Waals surface area contributed by atoms with Gasteiger partial charge in [-0.15, -0.1) is 0 Å². The molecule has 93 heavy (non-hydrogen) atoms. The van der Waals surface area contributed by atoms with Gasteiger partial charge in [-0.3, -0.25) is 53.1 Å². The number of phosphoric acid groups is 1. The van der Waals surface area contributed by atoms with Crippen LogP contribution in [-0.4, -0.2) is 127 Å². The van der Waals surface area contributed by atoms with Gasteiger partial charge in [-0.1, -0.05) is 40.7 Å². The Morgan fingerprint density at radius 2 is 1.39 bits per heavy atom. The first-order valence-corrected chi connectivity index (χ1v) is 32.2. The molecule has 15 N–H and O–H groups in total. The molecular formula is C63H88CoN14O14P. The molecule has 6 aliphatic heterocycles. The Balaban J connectivity index is 0.00000453. The summed E-state index contributed by atoms with van der Waals surface area (Å²) in [5.74, 6) is -7.40. The van der Waals surface area contributed by atoms with Gasteiger partial charge in [0.25, 0.3) is 7.82 Å². The molecule has 2 saturated heterocycles. The van der Waals surface area contributed by atoms with Crippen LogP contribution in [0, 0.1) is 71.0 Å². The second kappa shape index (κ2) is 28.5. The number of fused-ring (bicyclic) bond motifs is 7. The minimum Gasteiger partial charge on any atom is -0.756 e. The summed E-state index contributed by atoms with van der Waals surface area (Å²) in [6.07, 6.45) is -4.79. The number of carbonyl (C=O) groups is 7. The minimum absolute atomic E-state index is 0. The van der Waals surface area contributed by atoms with E-state index in [2.05, 4.69) is 10.3 Å². The zero-order valence-corrected chi connectivity index (χ0v) is 56.4. The fourth-order valence-corrected chi connectivity index (χ4v) is 16.4. The van der Waals surface area contributed by atoms with E-state index in [9.17, 15) is 53.2 Å². The van der Waals surface area contributed by atoms with Gasteiger partial charge in [-0.05, 0) is 119 Å². The number of nitrogens with zero attached hydrogens (tertiary/aromatic N) is 7. The van der Waals surface area contributed by atoms with Gasteiger partial charge < -0.3 is 90.3 Å². The Labute approximate surface area is 551 Å². The number of carbonyl (C=O) groups excluding carboxylic acids is 7. The van der Waals surface area contributed by atoms with Crippen LogP contribution in [0.2, 0.25) is 0 Å². The van der Waals surface area contributed by atoms with Crippen LogP contribution in [0.5, 0.6) is 0 Å². The van der Waals surface area contributed by atoms with E-state index in [1.807, 2.05) is 80.5 Å². The molecule has 8 rings (SSSR count). The molecule has 15 atom stereocenters. The van der Waals surface area contributed by atoms with Gasteiger partial charge in [0, 0.05) is 108 Å². The van der Waals surface area contributed by atoms with Crippen LogP contribution in [0.25, 0.3) is 16.4 Å². The number of nitrogens with two attached hydrogens (primary N) is 6. The summed E-state index contributed by atoms with van der Waals surface area (Å²) in [5.41, 5.74) is 36.7. The number of aliphatic hydroxyl groups excluding tert-OH is 2. The van der Waals surface area contributed by atoms with Gasteiger partial charge in [0.05, 0.1) is 41.3 Å². The third-order valence-corrected chi connectivity index (χ3v) is 21.6. The van der Waals surface area contributed by atoms with E-state index in [-0.39, 0.29) is 94.0 Å². The molecule has 30 heteroatoms. The van der Waals surface area contributed by atoms with Crippen LogP contribution in [-0.2, 0) is 68.7 Å². The number of rotatable bonds is 26. The number of nitrogens with one attached hydrogen (secondary N) is 1. The maximum Gasteiger partial charge on any atom is 3.00 e. The molecule has 0 spiro atoms. The molecule has 1 unspecified atom stereocenters. The van der Waals surface area contributed by atoms with Crippen LogP contribution >= 0.6 is 7.82 Å². The summed E-state index contributed by atoms with van der Waals surface area (Å²) in [6, 6.07) is 2.65. The number of hydrogen-bond donors (Lipinski definition) is 9. The standard InChI is InChI=1S/C62H90N13O14P.CN.Co/c1-29-20-39-40(21-30(29)2)75(28-70-39)57-52(84)53(41(27-76)87-57)89-90(85,86)88-31(3)26-69-49(83)18-19-59(8)37(22-46(66)80)56-62(11)61(10,25-48(68)82)36(14-17-45(65)79)51(74-62)33(5)55-60(9,24-47(67)81)34(12-15-43(63)77)38(71-55)23-42-58(6,7)35(13-16-44(64)78)50(72-42)32(4)54(59)73-56;1-2;/h20-21,23,28,31,34-37,41,52-53,56-57,76,84H,12-19,22,24-27H2,1-11H3,(H15,63,64,65,66,67,68,69,71,72,73,74,77,78,79,80,81,82,83,85,86);;/q;-1;+3/p-2/t31-,34-,35-,36-,37+,41-,52-,53-,56-,57+,59-,60+,61+,62+;;/m1../s1/i20+1,21+1,28+1,29+1,30+1,39+1,40+1;;. The zero-order valence-electron chi connectivity index (χ0n) is 54.4. The number of ether oxygens (including phenoxy) is 1. The van der Waals surface area contributed by atoms with Crippen LogP contribution in [0.15, 0.2) is 67.8 Å². The van der Waals surface area contributed by atoms with E-state index in [1.54, 1.807) is 6.92 Å². The summed E-state index contributed by atoms with van der Waals surface area (Å²) in [5, 5.41) is 36.4. The number of benzene rings is 1. The van der Waals surface area contributed by atoms with Crippen LogP contribution < -0.4 is 44.6 Å². The summed E-state index contributed by atoms with van der Waals surface area (Å²) in [4.78, 5) is 128. The number of aromatic nitrogens is 2. The summed E-state index contributed by atoms with van der Waals surface area (Å²) < 4.78 is 31.9. The molecule has 7 heterocycles. The Kier molecular flexibility index (Phi) is 23.0. The van der Waals surface area contributed by atoms with Crippen molar-refractivity contribution in [2.75, 3.05) is 13.2 Å². The number of aryl methyl sites for hydroxylation is 2. The van der Waals surface area contributed by atoms with E-state index >= 15 is 0 Å². The second-order valence-electron chi connectivity index (χ2n) is 27.0. The number of imidazole rings is 1. The molecule has 8 bridgehead atoms. The summed E-state index contributed by atoms with van der Waals surface area (Å²) >= 11 is 0. The van der Waals surface area contributed by atoms with Crippen molar-refractivity contribution in [3.8, 4) is 0 Å². The fraction of sp³-hybridized carbons (Fsp3) is 0.619. The molecule has 508 valence electrons. The van der Waals surface area contributed by atoms with Crippen LogP contribution in [0.4, 0.5) is 0 Å². The number of phosphoric ester groups is 1. The van der Waals surface area contributed by atoms with Crippen molar-refractivity contribution in [3.63, 3.8) is 0 Å². The van der Waals surface area contributed by atoms with Crippen molar-refractivity contribution in [1.82, 2.24) is 14.9 Å². The van der Waals surface area contributed by atoms with E-state index in [0.717, 1.165) is 11.1 Å². The monoisotopic (exact) mass is 1360 g/mol. The van der Waals surface area contributed by atoms with Crippen molar-refractivity contribution in [1.29, 1.82) is 5.26 Å². The van der Waals surface area contributed by atoms with Gasteiger partial charge >= 0.3 is 16.8 Å². The molecular weight excluding hydrogens is 1270 g/mol. The van der Waals surface area contributed by atoms with Crippen molar-refractivity contribution >= 4 is 77.3 Å². The average Bonchev–Trinajstić information content (AvgIpc) is 1.53. The van der Waals surface area contributed by atoms with Gasteiger partial charge in [-0.25, -0.2) is 4.98 Å². The quantitative estimate of drug-likeness (QED) is 0.0481. The van der Waals surface area contributed by atoms with Gasteiger partial charge in [0.1, 0.15) is 18.3 Å². The number of amides is 7. The molecule has 1 aromatic heterocycles. The maximum absolute atomic E-state index is 14.4. The van der Waals surface area contributed by atoms with Gasteiger partial charge in [0.15, 0.2) is 6.23 Å². The molecule has 6 aliphatic rings. The Morgan fingerprint density at radius 1 is 0.806 bits per heavy atom. The molecule has 28 nitrogen and oxygen atoms in total. The molecule has 0 radical (unpaired) electrons. The largest absolute Gasteiger partial charge is 3.00 e. The van der Waals surface area contributed by atoms with E-state index in [1.165, 1.54) is 17.8 Å². The van der Waals surface area contributed by atoms with Crippen molar-refractivity contribution in [2.45, 2.75) is 189 Å². The normalized spacial score (nSPS) is 31.0. The SMILES string of the molecule is CC1=C2[N-][C@H]([C@H](CC(N)=O)[C@@]2(C)CCC(=O)NC[C@@H](C)OP(=O)([O-])O[C@H]2[C@@H](O)[C@@H](n3[13cH]n[13c]4[13cH][13c](C)[13c](C)[13cH][13c]43)O[C@@H]2CO)[C@]2(C)N=C(C(C)=C3N=C(C=C4N=C1[C@@H](CCC(N)=O)C4(C)C)[C@@H](CCC(N)=O)[C@]3(C)CC(N)=O)[C@@H](CCC(N)=O)[C@]2(C)CC(N)=O.[C-]#N.[Co+3]. The first-order chi connectivity index (χ1) is 42.8. The number of primary amides is 6. The number of allylic oxidation sites excluding steroid dienone is 6. The third kappa shape index (κ3) is 14.6. The molecule has 2 aromatic rings. The van der Waals surface area contributed by atoms with E-state index in [4.69, 9.17) is 80.3 Å². The predicted octanol–water partition coefficient (Wildman–Crippen LogP) is 3.41. The molecule has 1 aromatic carbocycles. The maximum atomic E-state index is 14.4. The van der Waals surface area contributed by atoms with Gasteiger partial charge in [-0.2, -0.15) is 5.70 Å². The Bertz CT molecular complexity index is 3600. The smallest absolute Gasteiger partial charge is 0.756 e. The first kappa shape index (κ1) is 75.0. The van der Waals surface area contributed by atoms with Gasteiger partial charge in [0.2, 0.25) is 41.4 Å². The summed E-state index contributed by atoms with van der Waals surface area (Å²) in [6.45, 7) is 23.7. The van der Waals surface area contributed by atoms with E-state index in [0.29, 0.717) is 56.4 Å². The van der Waals surface area contributed by atoms with Crippen molar-refractivity contribution in [2.24, 2.45) is 94.7 Å². The fourth-order valence-electron chi connectivity index (χ4n) is 15.3. The average molecular weight is 1360 g/mol. The van der Waals surface area contributed by atoms with Crippen molar-refractivity contribution in [3.05, 3.63) is 75.8 Å². The number of hydrogen-bond acceptors (Lipinski definition) is 19. The third-order valence-electron chi connectivity index (χ3n) is 20.5. The molecule has 2 fully saturated rings. The first-order valence-electron chi connectivity index (χ1n) is 30.7. The zero-order chi connectivity index (χ0) is 68.7. The summed E-state index contributed by atoms with van der Waals surface area (Å²) in [7, 11) is -5.32. The number of aliphatic hydroxyl groups is 2. The number of aliphatic imine (C=N–C) groups is 3. The minimum atomic E-state index is -5.32. The van der Waals surface area contributed by atoms with E-state index < -0.39 is 143 Å². The molecule has 0 aliphatic carbocycles. The Hall–Kier alpha value is -7.00. The molecule has 7 amide bonds. The Morgan fingerprint density at radius 3 is 1.96 bits per heavy atom. The topological polar surface area (TPSA) is 489 Å². The van der Waals surface area contributed by atoms with Crippen molar-refractivity contribution < 1.29 is 83.8 Å².